The topological polar surface area (TPSA) is 20.2 Å². The Morgan fingerprint density at radius 1 is 1.25 bits per heavy atom. The predicted octanol–water partition coefficient (Wildman–Crippen LogP) is 2.89. The average molecular weight is 168 g/mol. The molecule has 70 valence electrons. The van der Waals surface area contributed by atoms with Crippen molar-refractivity contribution in [2.45, 2.75) is 51.0 Å². The van der Waals surface area contributed by atoms with E-state index in [9.17, 15) is 5.11 Å². The van der Waals surface area contributed by atoms with E-state index in [1.807, 2.05) is 6.08 Å². The van der Waals surface area contributed by atoms with Crippen molar-refractivity contribution < 1.29 is 5.11 Å². The van der Waals surface area contributed by atoms with Crippen LogP contribution < -0.4 is 0 Å². The lowest BCUT2D eigenvalue weighted by molar-refractivity contribution is 0.119. The van der Waals surface area contributed by atoms with Crippen LogP contribution in [0.1, 0.15) is 44.9 Å². The van der Waals surface area contributed by atoms with E-state index in [4.69, 9.17) is 0 Å². The van der Waals surface area contributed by atoms with Crippen molar-refractivity contribution in [1.82, 2.24) is 0 Å². The molecule has 2 atom stereocenters. The first-order chi connectivity index (χ1) is 5.83. The van der Waals surface area contributed by atoms with Crippen LogP contribution in [0, 0.1) is 5.92 Å². The van der Waals surface area contributed by atoms with Crippen molar-refractivity contribution >= 4 is 0 Å². The second kappa shape index (κ2) is 5.36. The van der Waals surface area contributed by atoms with Crippen LogP contribution in [0.15, 0.2) is 12.7 Å². The zero-order valence-electron chi connectivity index (χ0n) is 7.84. The largest absolute Gasteiger partial charge is 0.393 e. The first-order valence-electron chi connectivity index (χ1n) is 5.12. The molecule has 1 rings (SSSR count). The van der Waals surface area contributed by atoms with Gasteiger partial charge in [-0.1, -0.05) is 31.8 Å². The molecule has 1 aliphatic carbocycles. The Morgan fingerprint density at radius 3 is 2.75 bits per heavy atom. The summed E-state index contributed by atoms with van der Waals surface area (Å²) in [6, 6.07) is 0. The van der Waals surface area contributed by atoms with Crippen LogP contribution in [0.3, 0.4) is 0 Å². The third kappa shape index (κ3) is 3.40. The molecule has 1 aliphatic rings. The highest BCUT2D eigenvalue weighted by atomic mass is 16.3. The number of rotatable bonds is 2. The maximum Gasteiger partial charge on any atom is 0.0543 e. The van der Waals surface area contributed by atoms with Crippen molar-refractivity contribution in [3.05, 3.63) is 12.7 Å². The van der Waals surface area contributed by atoms with Gasteiger partial charge in [0, 0.05) is 0 Å². The molecule has 12 heavy (non-hydrogen) atoms. The second-order valence-electron chi connectivity index (χ2n) is 3.92. The summed E-state index contributed by atoms with van der Waals surface area (Å²) >= 11 is 0. The van der Waals surface area contributed by atoms with E-state index in [2.05, 4.69) is 6.58 Å². The Labute approximate surface area is 75.5 Å². The number of hydrogen-bond acceptors (Lipinski definition) is 1. The molecular formula is C11H20O. The minimum atomic E-state index is -0.0461. The lowest BCUT2D eigenvalue weighted by atomic mass is 9.87. The van der Waals surface area contributed by atoms with Gasteiger partial charge in [0.05, 0.1) is 6.10 Å². The first-order valence-corrected chi connectivity index (χ1v) is 5.12. The van der Waals surface area contributed by atoms with Gasteiger partial charge in [-0.3, -0.25) is 0 Å². The Hall–Kier alpha value is -0.300. The fourth-order valence-electron chi connectivity index (χ4n) is 2.06. The molecule has 0 bridgehead atoms. The smallest absolute Gasteiger partial charge is 0.0543 e. The fraction of sp³-hybridized carbons (Fsp3) is 0.818. The van der Waals surface area contributed by atoms with Gasteiger partial charge < -0.3 is 5.11 Å². The van der Waals surface area contributed by atoms with Crippen LogP contribution in [0.5, 0.6) is 0 Å². The molecule has 0 radical (unpaired) electrons. The van der Waals surface area contributed by atoms with E-state index in [1.165, 1.54) is 25.7 Å². The van der Waals surface area contributed by atoms with E-state index in [1.54, 1.807) is 0 Å². The summed E-state index contributed by atoms with van der Waals surface area (Å²) in [5, 5.41) is 9.58. The van der Waals surface area contributed by atoms with Crippen molar-refractivity contribution in [2.75, 3.05) is 0 Å². The molecule has 1 saturated carbocycles. The van der Waals surface area contributed by atoms with Gasteiger partial charge in [-0.25, -0.2) is 0 Å². The van der Waals surface area contributed by atoms with E-state index in [0.29, 0.717) is 5.92 Å². The van der Waals surface area contributed by atoms with Crippen LogP contribution in [-0.4, -0.2) is 11.2 Å². The van der Waals surface area contributed by atoms with E-state index in [0.717, 1.165) is 19.3 Å². The van der Waals surface area contributed by atoms with Gasteiger partial charge in [0.1, 0.15) is 0 Å². The summed E-state index contributed by atoms with van der Waals surface area (Å²) in [4.78, 5) is 0. The minimum absolute atomic E-state index is 0.0461. The number of allylic oxidation sites excluding steroid dienone is 1. The molecule has 0 amide bonds. The van der Waals surface area contributed by atoms with Gasteiger partial charge in [0.25, 0.3) is 0 Å². The first kappa shape index (κ1) is 9.79. The molecule has 1 unspecified atom stereocenters. The average Bonchev–Trinajstić information content (AvgIpc) is 2.00. The Morgan fingerprint density at radius 2 is 2.00 bits per heavy atom. The van der Waals surface area contributed by atoms with Gasteiger partial charge in [-0.15, -0.1) is 6.58 Å². The lowest BCUT2D eigenvalue weighted by Crippen LogP contribution is -2.15. The molecule has 0 heterocycles. The van der Waals surface area contributed by atoms with Crippen molar-refractivity contribution in [3.8, 4) is 0 Å². The molecule has 1 heteroatoms. The van der Waals surface area contributed by atoms with E-state index < -0.39 is 0 Å². The summed E-state index contributed by atoms with van der Waals surface area (Å²) < 4.78 is 0. The maximum atomic E-state index is 9.58. The molecule has 0 aromatic rings. The second-order valence-corrected chi connectivity index (χ2v) is 3.92. The zero-order chi connectivity index (χ0) is 8.81. The lowest BCUT2D eigenvalue weighted by Gasteiger charge is -2.21. The summed E-state index contributed by atoms with van der Waals surface area (Å²) in [6.07, 6.45) is 10.1. The molecule has 0 saturated heterocycles. The van der Waals surface area contributed by atoms with E-state index in [-0.39, 0.29) is 6.10 Å². The molecule has 0 aromatic carbocycles. The molecule has 1 N–H and O–H groups in total. The quantitative estimate of drug-likeness (QED) is 0.629. The summed E-state index contributed by atoms with van der Waals surface area (Å²) in [5.41, 5.74) is 0. The highest BCUT2D eigenvalue weighted by Crippen LogP contribution is 2.25. The third-order valence-corrected chi connectivity index (χ3v) is 2.76. The zero-order valence-corrected chi connectivity index (χ0v) is 7.84. The molecular weight excluding hydrogens is 148 g/mol. The molecule has 0 aliphatic heterocycles. The highest BCUT2D eigenvalue weighted by Gasteiger charge is 2.15. The SMILES string of the molecule is C=CCC1CCCCC[C@@H](O)C1. The Bertz CT molecular complexity index is 131. The molecule has 1 fully saturated rings. The van der Waals surface area contributed by atoms with E-state index >= 15 is 0 Å². The van der Waals surface area contributed by atoms with Crippen LogP contribution in [-0.2, 0) is 0 Å². The van der Waals surface area contributed by atoms with Crippen LogP contribution in [0.2, 0.25) is 0 Å². The normalized spacial score (nSPS) is 32.1. The summed E-state index contributed by atoms with van der Waals surface area (Å²) in [6.45, 7) is 3.75. The third-order valence-electron chi connectivity index (χ3n) is 2.76. The predicted molar refractivity (Wildman–Crippen MR) is 52.0 cm³/mol. The Balaban J connectivity index is 2.32. The molecule has 0 aromatic heterocycles. The number of hydrogen-bond donors (Lipinski definition) is 1. The fourth-order valence-corrected chi connectivity index (χ4v) is 2.06. The van der Waals surface area contributed by atoms with Crippen molar-refractivity contribution in [3.63, 3.8) is 0 Å². The molecule has 0 spiro atoms. The van der Waals surface area contributed by atoms with Gasteiger partial charge in [-0.05, 0) is 25.2 Å². The maximum absolute atomic E-state index is 9.58. The van der Waals surface area contributed by atoms with Gasteiger partial charge in [-0.2, -0.15) is 0 Å². The Kier molecular flexibility index (Phi) is 4.37. The highest BCUT2D eigenvalue weighted by molar-refractivity contribution is 4.76. The van der Waals surface area contributed by atoms with Crippen molar-refractivity contribution in [1.29, 1.82) is 0 Å². The number of aliphatic hydroxyl groups is 1. The molecule has 1 nitrogen and oxygen atoms in total. The van der Waals surface area contributed by atoms with Crippen LogP contribution in [0.4, 0.5) is 0 Å². The summed E-state index contributed by atoms with van der Waals surface area (Å²) in [5.74, 6) is 0.692. The van der Waals surface area contributed by atoms with Crippen LogP contribution >= 0.6 is 0 Å². The van der Waals surface area contributed by atoms with Crippen molar-refractivity contribution in [2.24, 2.45) is 5.92 Å². The van der Waals surface area contributed by atoms with Crippen LogP contribution in [0.25, 0.3) is 0 Å². The monoisotopic (exact) mass is 168 g/mol. The van der Waals surface area contributed by atoms with Gasteiger partial charge in [0.2, 0.25) is 0 Å². The number of aliphatic hydroxyl groups excluding tert-OH is 1. The standard InChI is InChI=1S/C11H20O/c1-2-6-10-7-4-3-5-8-11(12)9-10/h2,10-12H,1,3-9H2/t10?,11-/m1/s1. The van der Waals surface area contributed by atoms with Gasteiger partial charge in [0.15, 0.2) is 0 Å². The minimum Gasteiger partial charge on any atom is -0.393 e. The summed E-state index contributed by atoms with van der Waals surface area (Å²) in [7, 11) is 0. The van der Waals surface area contributed by atoms with Gasteiger partial charge >= 0.3 is 0 Å².